The van der Waals surface area contributed by atoms with E-state index in [4.69, 9.17) is 4.74 Å². The number of para-hydroxylation sites is 1. The Bertz CT molecular complexity index is 819. The second kappa shape index (κ2) is 7.55. The van der Waals surface area contributed by atoms with Crippen molar-refractivity contribution in [2.45, 2.75) is 25.3 Å². The van der Waals surface area contributed by atoms with Crippen LogP contribution < -0.4 is 15.4 Å². The monoisotopic (exact) mass is 362 g/mol. The summed E-state index contributed by atoms with van der Waals surface area (Å²) in [6, 6.07) is 6.43. The third kappa shape index (κ3) is 3.54. The van der Waals surface area contributed by atoms with Crippen LogP contribution in [-0.4, -0.2) is 35.8 Å². The molecule has 1 unspecified atom stereocenters. The number of amides is 1. The molecule has 1 amide bonds. The van der Waals surface area contributed by atoms with Gasteiger partial charge < -0.3 is 15.4 Å². The van der Waals surface area contributed by atoms with Gasteiger partial charge in [0.2, 0.25) is 0 Å². The molecule has 1 aliphatic rings. The van der Waals surface area contributed by atoms with Crippen LogP contribution in [0, 0.1) is 0 Å². The zero-order valence-electron chi connectivity index (χ0n) is 14.3. The number of hydrogen-bond donors (Lipinski definition) is 2. The van der Waals surface area contributed by atoms with Crippen molar-refractivity contribution in [2.75, 3.05) is 19.0 Å². The van der Waals surface area contributed by atoms with Gasteiger partial charge in [-0.05, 0) is 18.1 Å². The van der Waals surface area contributed by atoms with E-state index in [1.54, 1.807) is 7.11 Å². The summed E-state index contributed by atoms with van der Waals surface area (Å²) in [5.41, 5.74) is 1.62. The van der Waals surface area contributed by atoms with Gasteiger partial charge >= 0.3 is 0 Å². The lowest BCUT2D eigenvalue weighted by molar-refractivity contribution is 0.0751. The first-order chi connectivity index (χ1) is 12.5. The lowest BCUT2D eigenvalue weighted by Crippen LogP contribution is -2.30. The van der Waals surface area contributed by atoms with Crippen molar-refractivity contribution in [3.8, 4) is 5.75 Å². The van der Waals surface area contributed by atoms with Crippen molar-refractivity contribution in [1.29, 1.82) is 0 Å². The van der Waals surface area contributed by atoms with Gasteiger partial charge in [-0.1, -0.05) is 24.8 Å². The Morgan fingerprint density at radius 1 is 1.50 bits per heavy atom. The molecule has 2 heterocycles. The van der Waals surface area contributed by atoms with E-state index in [1.165, 1.54) is 6.20 Å². The van der Waals surface area contributed by atoms with Crippen LogP contribution in [0.3, 0.4) is 0 Å². The van der Waals surface area contributed by atoms with Crippen LogP contribution in [0.15, 0.2) is 42.7 Å². The smallest absolute Gasteiger partial charge is 0.261 e. The molecule has 3 rings (SSSR count). The van der Waals surface area contributed by atoms with Crippen LogP contribution in [0.2, 0.25) is 0 Å². The van der Waals surface area contributed by atoms with Crippen molar-refractivity contribution < 1.29 is 18.3 Å². The molecule has 0 fully saturated rings. The largest absolute Gasteiger partial charge is 0.496 e. The lowest BCUT2D eigenvalue weighted by atomic mass is 10.1. The number of aromatic nitrogens is 2. The number of alkyl halides is 2. The molecule has 138 valence electrons. The maximum Gasteiger partial charge on any atom is 0.261 e. The number of nitrogens with zero attached hydrogens (tertiary/aromatic N) is 2. The SMILES string of the molecule is C=C1CC(C(F)F)n2ncc(C(=O)NCCc3ccccc3OC)c2N1. The topological polar surface area (TPSA) is 68.2 Å². The second-order valence-corrected chi connectivity index (χ2v) is 6.00. The highest BCUT2D eigenvalue weighted by atomic mass is 19.3. The van der Waals surface area contributed by atoms with Gasteiger partial charge in [-0.3, -0.25) is 4.79 Å². The number of anilines is 1. The van der Waals surface area contributed by atoms with Gasteiger partial charge in [0.25, 0.3) is 12.3 Å². The minimum Gasteiger partial charge on any atom is -0.496 e. The molecule has 6 nitrogen and oxygen atoms in total. The Hall–Kier alpha value is -2.90. The fraction of sp³-hybridized carbons (Fsp3) is 0.333. The van der Waals surface area contributed by atoms with Crippen LogP contribution >= 0.6 is 0 Å². The predicted molar refractivity (Wildman–Crippen MR) is 93.7 cm³/mol. The van der Waals surface area contributed by atoms with Crippen LogP contribution in [0.4, 0.5) is 14.6 Å². The molecule has 0 radical (unpaired) electrons. The predicted octanol–water partition coefficient (Wildman–Crippen LogP) is 3.00. The summed E-state index contributed by atoms with van der Waals surface area (Å²) in [4.78, 5) is 12.5. The molecule has 26 heavy (non-hydrogen) atoms. The van der Waals surface area contributed by atoms with E-state index in [1.807, 2.05) is 24.3 Å². The van der Waals surface area contributed by atoms with E-state index in [9.17, 15) is 13.6 Å². The van der Waals surface area contributed by atoms with Crippen LogP contribution in [-0.2, 0) is 6.42 Å². The zero-order valence-corrected chi connectivity index (χ0v) is 14.3. The summed E-state index contributed by atoms with van der Waals surface area (Å²) in [6.45, 7) is 4.09. The standard InChI is InChI=1S/C18H20F2N4O2/c1-11-9-14(16(19)20)24-17(23-11)13(10-22-24)18(25)21-8-7-12-5-3-4-6-15(12)26-2/h3-6,10,14,16,23H,1,7-9H2,2H3,(H,21,25). The molecule has 1 aromatic heterocycles. The Morgan fingerprint density at radius 2 is 2.27 bits per heavy atom. The summed E-state index contributed by atoms with van der Waals surface area (Å²) >= 11 is 0. The van der Waals surface area contributed by atoms with E-state index in [2.05, 4.69) is 22.3 Å². The summed E-state index contributed by atoms with van der Waals surface area (Å²) in [6.07, 6.45) is -0.636. The van der Waals surface area contributed by atoms with E-state index in [-0.39, 0.29) is 23.7 Å². The van der Waals surface area contributed by atoms with Crippen molar-refractivity contribution in [2.24, 2.45) is 0 Å². The quantitative estimate of drug-likeness (QED) is 0.829. The second-order valence-electron chi connectivity index (χ2n) is 6.00. The molecular weight excluding hydrogens is 342 g/mol. The Morgan fingerprint density at radius 3 is 3.00 bits per heavy atom. The van der Waals surface area contributed by atoms with Crippen molar-refractivity contribution >= 4 is 11.7 Å². The Labute approximate surface area is 149 Å². The molecule has 0 spiro atoms. The highest BCUT2D eigenvalue weighted by Crippen LogP contribution is 2.34. The number of methoxy groups -OCH3 is 1. The van der Waals surface area contributed by atoms with E-state index in [0.29, 0.717) is 18.7 Å². The molecule has 0 saturated heterocycles. The van der Waals surface area contributed by atoms with Gasteiger partial charge in [0, 0.05) is 18.7 Å². The van der Waals surface area contributed by atoms with Crippen molar-refractivity contribution in [3.63, 3.8) is 0 Å². The van der Waals surface area contributed by atoms with E-state index >= 15 is 0 Å². The molecule has 0 saturated carbocycles. The summed E-state index contributed by atoms with van der Waals surface area (Å²) in [5, 5.41) is 9.64. The number of rotatable bonds is 6. The zero-order chi connectivity index (χ0) is 18.7. The molecule has 0 bridgehead atoms. The third-order valence-electron chi connectivity index (χ3n) is 4.27. The van der Waals surface area contributed by atoms with E-state index < -0.39 is 12.5 Å². The third-order valence-corrected chi connectivity index (χ3v) is 4.27. The Kier molecular flexibility index (Phi) is 5.20. The van der Waals surface area contributed by atoms with Gasteiger partial charge in [-0.2, -0.15) is 5.10 Å². The van der Waals surface area contributed by atoms with Gasteiger partial charge in [0.1, 0.15) is 23.2 Å². The minimum atomic E-state index is -2.59. The summed E-state index contributed by atoms with van der Waals surface area (Å²) < 4.78 is 32.8. The fourth-order valence-electron chi connectivity index (χ4n) is 2.97. The Balaban J connectivity index is 1.69. The molecule has 1 aliphatic heterocycles. The van der Waals surface area contributed by atoms with Gasteiger partial charge in [-0.25, -0.2) is 13.5 Å². The van der Waals surface area contributed by atoms with Gasteiger partial charge in [0.05, 0.1) is 13.3 Å². The highest BCUT2D eigenvalue weighted by molar-refractivity contribution is 5.99. The molecular formula is C18H20F2N4O2. The molecule has 2 aromatic rings. The van der Waals surface area contributed by atoms with Crippen LogP contribution in [0.1, 0.15) is 28.4 Å². The number of carbonyl (C=O) groups is 1. The number of allylic oxidation sites excluding steroid dienone is 1. The normalized spacial score (nSPS) is 16.2. The number of benzene rings is 1. The maximum atomic E-state index is 13.2. The number of ether oxygens (including phenoxy) is 1. The molecule has 8 heteroatoms. The molecule has 0 aliphatic carbocycles. The van der Waals surface area contributed by atoms with Crippen molar-refractivity contribution in [1.82, 2.24) is 15.1 Å². The van der Waals surface area contributed by atoms with Gasteiger partial charge in [0.15, 0.2) is 0 Å². The summed E-state index contributed by atoms with van der Waals surface area (Å²) in [7, 11) is 1.59. The average molecular weight is 362 g/mol. The van der Waals surface area contributed by atoms with Gasteiger partial charge in [-0.15, -0.1) is 0 Å². The number of carbonyl (C=O) groups excluding carboxylic acids is 1. The maximum absolute atomic E-state index is 13.2. The molecule has 1 atom stereocenters. The first kappa shape index (κ1) is 17.9. The first-order valence-electron chi connectivity index (χ1n) is 8.21. The first-order valence-corrected chi connectivity index (χ1v) is 8.21. The summed E-state index contributed by atoms with van der Waals surface area (Å²) in [5.74, 6) is 0.625. The minimum absolute atomic E-state index is 0.0706. The highest BCUT2D eigenvalue weighted by Gasteiger charge is 2.32. The molecule has 1 aromatic carbocycles. The number of nitrogens with one attached hydrogen (secondary N) is 2. The average Bonchev–Trinajstić information content (AvgIpc) is 3.04. The fourth-order valence-corrected chi connectivity index (χ4v) is 2.97. The number of fused-ring (bicyclic) bond motifs is 1. The lowest BCUT2D eigenvalue weighted by Gasteiger charge is -2.27. The van der Waals surface area contributed by atoms with Crippen molar-refractivity contribution in [3.05, 3.63) is 53.9 Å². The number of halogens is 2. The van der Waals surface area contributed by atoms with E-state index in [0.717, 1.165) is 16.0 Å². The number of hydrogen-bond acceptors (Lipinski definition) is 4. The molecule has 2 N–H and O–H groups in total. The van der Waals surface area contributed by atoms with Crippen LogP contribution in [0.25, 0.3) is 0 Å². The van der Waals surface area contributed by atoms with Crippen LogP contribution in [0.5, 0.6) is 5.75 Å².